The first kappa shape index (κ1) is 29.5. The molecule has 0 aliphatic heterocycles. The Morgan fingerprint density at radius 2 is 1.80 bits per heavy atom. The van der Waals surface area contributed by atoms with Crippen LogP contribution in [0.2, 0.25) is 0 Å². The van der Waals surface area contributed by atoms with E-state index in [1.165, 1.54) is 10.7 Å². The molecule has 1 atom stereocenters. The van der Waals surface area contributed by atoms with E-state index >= 15 is 0 Å². The van der Waals surface area contributed by atoms with Crippen LogP contribution >= 0.6 is 11.6 Å². The van der Waals surface area contributed by atoms with E-state index in [0.29, 0.717) is 33.8 Å². The number of ether oxygens (including phenoxy) is 1. The average Bonchev–Trinajstić information content (AvgIpc) is 3.34. The number of benzene rings is 3. The van der Waals surface area contributed by atoms with Crippen molar-refractivity contribution in [1.82, 2.24) is 15.1 Å². The smallest absolute Gasteiger partial charge is 0.407 e. The molecule has 0 aliphatic rings. The predicted octanol–water partition coefficient (Wildman–Crippen LogP) is 6.97. The highest BCUT2D eigenvalue weighted by atomic mass is 35.5. The third-order valence-corrected chi connectivity index (χ3v) is 6.63. The molecule has 1 unspecified atom stereocenters. The number of amides is 1. The first-order valence-corrected chi connectivity index (χ1v) is 13.5. The maximum Gasteiger partial charge on any atom is 0.407 e. The number of alkyl carbamates (subject to hydrolysis) is 1. The van der Waals surface area contributed by atoms with Gasteiger partial charge in [0.1, 0.15) is 17.1 Å². The second-order valence-electron chi connectivity index (χ2n) is 10.7. The van der Waals surface area contributed by atoms with Crippen molar-refractivity contribution < 1.29 is 18.7 Å². The summed E-state index contributed by atoms with van der Waals surface area (Å²) in [6, 6.07) is 22.4. The fourth-order valence-corrected chi connectivity index (χ4v) is 4.56. The molecule has 9 heteroatoms. The van der Waals surface area contributed by atoms with Crippen molar-refractivity contribution in [2.24, 2.45) is 0 Å². The molecule has 7 nitrogen and oxygen atoms in total. The predicted molar refractivity (Wildman–Crippen MR) is 155 cm³/mol. The number of alkyl halides is 1. The largest absolute Gasteiger partial charge is 0.444 e. The number of rotatable bonds is 8. The lowest BCUT2D eigenvalue weighted by Crippen LogP contribution is -2.32. The van der Waals surface area contributed by atoms with E-state index in [1.807, 2.05) is 12.1 Å². The second-order valence-corrected chi connectivity index (χ2v) is 11.1. The Morgan fingerprint density at radius 1 is 1.07 bits per heavy atom. The van der Waals surface area contributed by atoms with Crippen molar-refractivity contribution in [3.63, 3.8) is 0 Å². The number of ketones is 1. The second kappa shape index (κ2) is 12.4. The average molecular weight is 573 g/mol. The summed E-state index contributed by atoms with van der Waals surface area (Å²) < 4.78 is 21.7. The summed E-state index contributed by atoms with van der Waals surface area (Å²) in [5.41, 5.74) is 3.70. The molecule has 3 aromatic carbocycles. The molecule has 1 heterocycles. The summed E-state index contributed by atoms with van der Waals surface area (Å²) in [4.78, 5) is 25.5. The van der Waals surface area contributed by atoms with Crippen molar-refractivity contribution in [3.05, 3.63) is 118 Å². The van der Waals surface area contributed by atoms with Gasteiger partial charge in [-0.1, -0.05) is 36.4 Å². The van der Waals surface area contributed by atoms with Gasteiger partial charge in [0.05, 0.1) is 28.4 Å². The highest BCUT2D eigenvalue weighted by molar-refractivity contribution is 6.22. The Bertz CT molecular complexity index is 1630. The van der Waals surface area contributed by atoms with Gasteiger partial charge in [0.15, 0.2) is 5.78 Å². The highest BCUT2D eigenvalue weighted by Crippen LogP contribution is 2.31. The van der Waals surface area contributed by atoms with Crippen LogP contribution in [0.15, 0.2) is 72.8 Å². The van der Waals surface area contributed by atoms with Gasteiger partial charge in [0.2, 0.25) is 0 Å². The Balaban J connectivity index is 1.55. The molecule has 0 saturated carbocycles. The van der Waals surface area contributed by atoms with Crippen molar-refractivity contribution in [3.8, 4) is 11.8 Å². The maximum absolute atomic E-state index is 14.9. The summed E-state index contributed by atoms with van der Waals surface area (Å²) in [5, 5.41) is 15.8. The van der Waals surface area contributed by atoms with Gasteiger partial charge in [0.25, 0.3) is 0 Å². The van der Waals surface area contributed by atoms with E-state index < -0.39 is 22.9 Å². The summed E-state index contributed by atoms with van der Waals surface area (Å²) in [7, 11) is 0. The number of carbonyl (C=O) groups is 2. The zero-order valence-electron chi connectivity index (χ0n) is 23.2. The number of aromatic nitrogens is 2. The molecular weight excluding hydrogens is 543 g/mol. The highest BCUT2D eigenvalue weighted by Gasteiger charge is 2.20. The van der Waals surface area contributed by atoms with Gasteiger partial charge >= 0.3 is 6.09 Å². The van der Waals surface area contributed by atoms with Crippen LogP contribution in [-0.2, 0) is 17.7 Å². The topological polar surface area (TPSA) is 97.0 Å². The van der Waals surface area contributed by atoms with Crippen LogP contribution in [0.5, 0.6) is 0 Å². The van der Waals surface area contributed by atoms with Crippen LogP contribution in [-0.4, -0.2) is 27.3 Å². The summed E-state index contributed by atoms with van der Waals surface area (Å²) in [6.45, 7) is 7.36. The minimum atomic E-state index is -0.623. The molecule has 0 bridgehead atoms. The van der Waals surface area contributed by atoms with Gasteiger partial charge in [-0.15, -0.1) is 11.6 Å². The third kappa shape index (κ3) is 7.59. The van der Waals surface area contributed by atoms with Crippen LogP contribution in [0.1, 0.15) is 70.1 Å². The normalized spacial score (nSPS) is 11.9. The van der Waals surface area contributed by atoms with E-state index in [0.717, 1.165) is 5.56 Å². The zero-order valence-corrected chi connectivity index (χ0v) is 24.0. The third-order valence-electron chi connectivity index (χ3n) is 6.13. The van der Waals surface area contributed by atoms with Gasteiger partial charge < -0.3 is 10.1 Å². The van der Waals surface area contributed by atoms with Crippen LogP contribution in [0, 0.1) is 24.1 Å². The fourth-order valence-electron chi connectivity index (χ4n) is 4.29. The number of hydrogen-bond donors (Lipinski definition) is 1. The van der Waals surface area contributed by atoms with E-state index in [2.05, 4.69) is 16.5 Å². The van der Waals surface area contributed by atoms with Crippen LogP contribution in [0.4, 0.5) is 9.18 Å². The molecule has 210 valence electrons. The number of carbonyl (C=O) groups excluding carboxylic acids is 2. The first-order valence-electron chi connectivity index (χ1n) is 13.0. The number of nitrogens with zero attached hydrogens (tertiary/aromatic N) is 3. The van der Waals surface area contributed by atoms with Crippen LogP contribution < -0.4 is 5.32 Å². The quantitative estimate of drug-likeness (QED) is 0.182. The Labute approximate surface area is 243 Å². The van der Waals surface area contributed by atoms with Crippen LogP contribution in [0.25, 0.3) is 5.69 Å². The summed E-state index contributed by atoms with van der Waals surface area (Å²) in [5.74, 6) is -0.841. The van der Waals surface area contributed by atoms with Gasteiger partial charge in [-0.2, -0.15) is 10.4 Å². The fraction of sp³-hybridized carbons (Fsp3) is 0.250. The molecule has 4 rings (SSSR count). The molecule has 0 fully saturated rings. The number of hydrogen-bond acceptors (Lipinski definition) is 5. The minimum absolute atomic E-state index is 0.202. The molecule has 4 aromatic rings. The molecule has 0 saturated heterocycles. The Hall–Kier alpha value is -4.48. The lowest BCUT2D eigenvalue weighted by molar-refractivity contribution is 0.0523. The SMILES string of the molecule is Cc1cc(C(=O)Cc2cc(C(Cl)c3cccc(C#N)c3)ccc2F)n(-c2cccc(CNC(=O)OC(C)(C)C)c2)n1. The van der Waals surface area contributed by atoms with Crippen molar-refractivity contribution in [1.29, 1.82) is 5.26 Å². The first-order chi connectivity index (χ1) is 19.4. The molecule has 41 heavy (non-hydrogen) atoms. The lowest BCUT2D eigenvalue weighted by atomic mass is 9.98. The molecule has 0 aliphatic carbocycles. The monoisotopic (exact) mass is 572 g/mol. The van der Waals surface area contributed by atoms with Crippen molar-refractivity contribution in [2.45, 2.75) is 51.6 Å². The number of halogens is 2. The number of Topliss-reactive ketones (excluding diaryl/α,β-unsaturated/α-hetero) is 1. The van der Waals surface area contributed by atoms with Crippen molar-refractivity contribution in [2.75, 3.05) is 0 Å². The van der Waals surface area contributed by atoms with Crippen LogP contribution in [0.3, 0.4) is 0 Å². The van der Waals surface area contributed by atoms with E-state index in [4.69, 9.17) is 16.3 Å². The number of nitrogens with one attached hydrogen (secondary N) is 1. The summed E-state index contributed by atoms with van der Waals surface area (Å²) in [6.07, 6.45) is -0.734. The molecule has 0 spiro atoms. The van der Waals surface area contributed by atoms with E-state index in [9.17, 15) is 19.2 Å². The lowest BCUT2D eigenvalue weighted by Gasteiger charge is -2.19. The number of aryl methyl sites for hydroxylation is 1. The van der Waals surface area contributed by atoms with Gasteiger partial charge in [0, 0.05) is 13.0 Å². The van der Waals surface area contributed by atoms with E-state index in [-0.39, 0.29) is 24.3 Å². The molecule has 1 N–H and O–H groups in total. The zero-order chi connectivity index (χ0) is 29.7. The molecular formula is C32H30ClFN4O3. The Morgan fingerprint density at radius 3 is 2.54 bits per heavy atom. The molecule has 1 amide bonds. The van der Waals surface area contributed by atoms with Gasteiger partial charge in [-0.3, -0.25) is 4.79 Å². The maximum atomic E-state index is 14.9. The van der Waals surface area contributed by atoms with Gasteiger partial charge in [-0.25, -0.2) is 13.9 Å². The standard InChI is InChI=1S/C32H30ClFN4O3/c1-20-13-28(38(37-20)26-10-6-8-22(15-26)19-36-31(40)41-32(2,3)4)29(39)17-25-16-24(11-12-27(25)34)30(33)23-9-5-7-21(14-23)18-35/h5-16,30H,17,19H2,1-4H3,(H,36,40). The minimum Gasteiger partial charge on any atom is -0.444 e. The summed E-state index contributed by atoms with van der Waals surface area (Å²) >= 11 is 6.67. The van der Waals surface area contributed by atoms with Gasteiger partial charge in [-0.05, 0) is 86.3 Å². The number of nitriles is 1. The molecule has 1 aromatic heterocycles. The van der Waals surface area contributed by atoms with E-state index in [1.54, 1.807) is 82.3 Å². The Kier molecular flexibility index (Phi) is 8.89. The molecule has 0 radical (unpaired) electrons. The van der Waals surface area contributed by atoms with Crippen molar-refractivity contribution >= 4 is 23.5 Å².